The summed E-state index contributed by atoms with van der Waals surface area (Å²) in [6.45, 7) is 1.88. The van der Waals surface area contributed by atoms with Crippen LogP contribution in [0.1, 0.15) is 23.0 Å². The van der Waals surface area contributed by atoms with E-state index in [0.29, 0.717) is 6.07 Å². The van der Waals surface area contributed by atoms with Gasteiger partial charge in [0, 0.05) is 6.07 Å². The van der Waals surface area contributed by atoms with Crippen molar-refractivity contribution in [3.05, 3.63) is 41.6 Å². The first-order valence-electron chi connectivity index (χ1n) is 5.96. The van der Waals surface area contributed by atoms with E-state index < -0.39 is 23.7 Å². The molecule has 112 valence electrons. The molecule has 8 heteroatoms. The van der Waals surface area contributed by atoms with Gasteiger partial charge < -0.3 is 9.84 Å². The van der Waals surface area contributed by atoms with Crippen molar-refractivity contribution >= 4 is 5.97 Å². The summed E-state index contributed by atoms with van der Waals surface area (Å²) < 4.78 is 43.0. The fraction of sp³-hybridized carbons (Fsp3) is 0.231. The van der Waals surface area contributed by atoms with Gasteiger partial charge in [0.15, 0.2) is 5.69 Å². The second-order valence-electron chi connectivity index (χ2n) is 4.06. The Balaban J connectivity index is 2.31. The number of carbonyl (C=O) groups is 1. The van der Waals surface area contributed by atoms with E-state index >= 15 is 0 Å². The van der Waals surface area contributed by atoms with E-state index in [-0.39, 0.29) is 17.9 Å². The number of nitrogens with zero attached hydrogens (tertiary/aromatic N) is 2. The Labute approximate surface area is 117 Å². The largest absolute Gasteiger partial charge is 0.493 e. The van der Waals surface area contributed by atoms with Crippen LogP contribution in [0, 0.1) is 0 Å². The average Bonchev–Trinajstić information content (AvgIpc) is 2.81. The monoisotopic (exact) mass is 300 g/mol. The Kier molecular flexibility index (Phi) is 3.88. The fourth-order valence-corrected chi connectivity index (χ4v) is 1.65. The molecule has 0 aliphatic heterocycles. The van der Waals surface area contributed by atoms with Gasteiger partial charge in [0.2, 0.25) is 5.88 Å². The maximum absolute atomic E-state index is 12.5. The number of hydrogen-bond donors (Lipinski definition) is 1. The van der Waals surface area contributed by atoms with Crippen molar-refractivity contribution < 1.29 is 27.8 Å². The summed E-state index contributed by atoms with van der Waals surface area (Å²) in [5.41, 5.74) is -0.756. The minimum absolute atomic E-state index is 0.191. The van der Waals surface area contributed by atoms with E-state index in [2.05, 4.69) is 5.10 Å². The highest BCUT2D eigenvalue weighted by Gasteiger charge is 2.35. The summed E-state index contributed by atoms with van der Waals surface area (Å²) in [6.07, 6.45) is -4.65. The van der Waals surface area contributed by atoms with Crippen LogP contribution in [-0.4, -0.2) is 27.5 Å². The van der Waals surface area contributed by atoms with Crippen LogP contribution in [0.5, 0.6) is 5.88 Å². The molecule has 0 aliphatic carbocycles. The Morgan fingerprint density at radius 3 is 2.43 bits per heavy atom. The predicted molar refractivity (Wildman–Crippen MR) is 66.2 cm³/mol. The zero-order chi connectivity index (χ0) is 15.6. The molecular formula is C13H11F3N2O3. The van der Waals surface area contributed by atoms with Crippen molar-refractivity contribution in [3.63, 3.8) is 0 Å². The van der Waals surface area contributed by atoms with Gasteiger partial charge in [-0.25, -0.2) is 9.48 Å². The van der Waals surface area contributed by atoms with Gasteiger partial charge in [0.1, 0.15) is 0 Å². The van der Waals surface area contributed by atoms with E-state index in [1.807, 2.05) is 0 Å². The van der Waals surface area contributed by atoms with Crippen LogP contribution in [0.4, 0.5) is 13.2 Å². The molecule has 1 aromatic heterocycles. The lowest BCUT2D eigenvalue weighted by molar-refractivity contribution is -0.141. The molecule has 2 aromatic rings. The van der Waals surface area contributed by atoms with Crippen LogP contribution < -0.4 is 0 Å². The van der Waals surface area contributed by atoms with Crippen LogP contribution in [0.15, 0.2) is 30.3 Å². The average molecular weight is 300 g/mol. The van der Waals surface area contributed by atoms with Crippen molar-refractivity contribution in [2.24, 2.45) is 0 Å². The molecule has 0 fully saturated rings. The summed E-state index contributed by atoms with van der Waals surface area (Å²) in [6, 6.07) is 6.00. The summed E-state index contributed by atoms with van der Waals surface area (Å²) in [4.78, 5) is 11.5. The lowest BCUT2D eigenvalue weighted by atomic mass is 10.2. The number of ether oxygens (including phenoxy) is 1. The number of carbonyl (C=O) groups excluding carboxylic acids is 1. The highest BCUT2D eigenvalue weighted by molar-refractivity contribution is 5.89. The zero-order valence-corrected chi connectivity index (χ0v) is 10.9. The molecule has 0 aliphatic rings. The van der Waals surface area contributed by atoms with E-state index in [1.165, 1.54) is 24.3 Å². The van der Waals surface area contributed by atoms with Gasteiger partial charge in [0.05, 0.1) is 17.9 Å². The Hall–Kier alpha value is -2.51. The number of hydrogen-bond acceptors (Lipinski definition) is 4. The molecule has 5 nitrogen and oxygen atoms in total. The lowest BCUT2D eigenvalue weighted by Gasteiger charge is -2.05. The maximum Gasteiger partial charge on any atom is 0.435 e. The Morgan fingerprint density at radius 1 is 1.33 bits per heavy atom. The first kappa shape index (κ1) is 14.9. The number of rotatable bonds is 3. The summed E-state index contributed by atoms with van der Waals surface area (Å²) >= 11 is 0. The third kappa shape index (κ3) is 3.15. The van der Waals surface area contributed by atoms with Crippen LogP contribution in [-0.2, 0) is 10.9 Å². The molecule has 0 radical (unpaired) electrons. The smallest absolute Gasteiger partial charge is 0.435 e. The third-order valence-corrected chi connectivity index (χ3v) is 2.60. The lowest BCUT2D eigenvalue weighted by Crippen LogP contribution is -2.08. The third-order valence-electron chi connectivity index (χ3n) is 2.60. The highest BCUT2D eigenvalue weighted by atomic mass is 19.4. The highest BCUT2D eigenvalue weighted by Crippen LogP contribution is 2.31. The Morgan fingerprint density at radius 2 is 1.95 bits per heavy atom. The molecule has 0 atom stereocenters. The topological polar surface area (TPSA) is 64.4 Å². The van der Waals surface area contributed by atoms with E-state index in [4.69, 9.17) is 4.74 Å². The molecular weight excluding hydrogens is 289 g/mol. The predicted octanol–water partition coefficient (Wildman–Crippen LogP) is 2.77. The van der Waals surface area contributed by atoms with Gasteiger partial charge in [-0.2, -0.15) is 18.3 Å². The first-order chi connectivity index (χ1) is 9.82. The molecule has 0 amide bonds. The van der Waals surface area contributed by atoms with E-state index in [9.17, 15) is 23.1 Å². The van der Waals surface area contributed by atoms with Gasteiger partial charge in [-0.15, -0.1) is 0 Å². The number of aromatic nitrogens is 2. The second-order valence-corrected chi connectivity index (χ2v) is 4.06. The van der Waals surface area contributed by atoms with E-state index in [1.54, 1.807) is 6.92 Å². The van der Waals surface area contributed by atoms with Crippen LogP contribution in [0.25, 0.3) is 5.69 Å². The molecule has 0 bridgehead atoms. The number of alkyl halides is 3. The van der Waals surface area contributed by atoms with Crippen molar-refractivity contribution in [1.82, 2.24) is 9.78 Å². The molecule has 1 N–H and O–H groups in total. The van der Waals surface area contributed by atoms with Crippen molar-refractivity contribution in [2.45, 2.75) is 13.1 Å². The normalized spacial score (nSPS) is 11.4. The number of aromatic hydroxyl groups is 1. The molecule has 21 heavy (non-hydrogen) atoms. The molecule has 0 saturated heterocycles. The second kappa shape index (κ2) is 5.47. The zero-order valence-electron chi connectivity index (χ0n) is 10.9. The summed E-state index contributed by atoms with van der Waals surface area (Å²) in [7, 11) is 0. The molecule has 0 unspecified atom stereocenters. The quantitative estimate of drug-likeness (QED) is 0.885. The van der Waals surface area contributed by atoms with Gasteiger partial charge in [-0.05, 0) is 31.2 Å². The fourth-order valence-electron chi connectivity index (χ4n) is 1.65. The van der Waals surface area contributed by atoms with Gasteiger partial charge in [-0.3, -0.25) is 0 Å². The molecule has 0 saturated carbocycles. The van der Waals surface area contributed by atoms with Gasteiger partial charge in [-0.1, -0.05) is 0 Å². The molecule has 1 heterocycles. The minimum atomic E-state index is -4.65. The van der Waals surface area contributed by atoms with Crippen molar-refractivity contribution in [2.75, 3.05) is 6.61 Å². The Bertz CT molecular complexity index is 648. The summed E-state index contributed by atoms with van der Waals surface area (Å²) in [5, 5.41) is 12.8. The first-order valence-corrected chi connectivity index (χ1v) is 5.96. The van der Waals surface area contributed by atoms with Crippen LogP contribution >= 0.6 is 0 Å². The van der Waals surface area contributed by atoms with Crippen LogP contribution in [0.2, 0.25) is 0 Å². The number of benzene rings is 1. The number of halogens is 3. The maximum atomic E-state index is 12.5. The number of esters is 1. The standard InChI is InChI=1S/C13H11F3N2O3/c1-2-21-12(20)8-3-5-9(6-4-8)18-11(19)7-10(17-18)13(14,15)16/h3-7,19H,2H2,1H3. The van der Waals surface area contributed by atoms with Crippen molar-refractivity contribution in [1.29, 1.82) is 0 Å². The van der Waals surface area contributed by atoms with Crippen LogP contribution in [0.3, 0.4) is 0 Å². The van der Waals surface area contributed by atoms with E-state index in [0.717, 1.165) is 4.68 Å². The van der Waals surface area contributed by atoms with Gasteiger partial charge >= 0.3 is 12.1 Å². The van der Waals surface area contributed by atoms with Gasteiger partial charge in [0.25, 0.3) is 0 Å². The summed E-state index contributed by atoms with van der Waals surface area (Å²) in [5.74, 6) is -1.18. The molecule has 0 spiro atoms. The molecule has 1 aromatic carbocycles. The molecule has 2 rings (SSSR count). The minimum Gasteiger partial charge on any atom is -0.493 e. The van der Waals surface area contributed by atoms with Crippen molar-refractivity contribution in [3.8, 4) is 11.6 Å². The SMILES string of the molecule is CCOC(=O)c1ccc(-n2nc(C(F)(F)F)cc2O)cc1.